The van der Waals surface area contributed by atoms with E-state index >= 15 is 0 Å². The van der Waals surface area contributed by atoms with Crippen molar-refractivity contribution in [2.24, 2.45) is 22.7 Å². The maximum absolute atomic E-state index is 12.0. The maximum atomic E-state index is 12.0. The molecule has 0 radical (unpaired) electrons. The van der Waals surface area contributed by atoms with Crippen LogP contribution >= 0.6 is 0 Å². The van der Waals surface area contributed by atoms with Crippen LogP contribution in [0.3, 0.4) is 0 Å². The van der Waals surface area contributed by atoms with Gasteiger partial charge < -0.3 is 20.1 Å². The van der Waals surface area contributed by atoms with Crippen LogP contribution in [0.2, 0.25) is 0 Å². The first kappa shape index (κ1) is 20.6. The van der Waals surface area contributed by atoms with E-state index in [-0.39, 0.29) is 28.1 Å². The predicted molar refractivity (Wildman–Crippen MR) is 108 cm³/mol. The minimum absolute atomic E-state index is 0.0754. The number of rotatable bonds is 3. The number of carbonyl (C=O) groups is 1. The summed E-state index contributed by atoms with van der Waals surface area (Å²) < 4.78 is 4.71. The van der Waals surface area contributed by atoms with E-state index in [9.17, 15) is 20.1 Å². The van der Waals surface area contributed by atoms with Crippen LogP contribution in [0.25, 0.3) is 0 Å². The number of phenolic OH excluding ortho intramolecular Hbond substituents is 3. The molecule has 0 unspecified atom stereocenters. The molecule has 28 heavy (non-hydrogen) atoms. The van der Waals surface area contributed by atoms with Gasteiger partial charge in [0.05, 0.1) is 7.11 Å². The molecule has 0 heterocycles. The van der Waals surface area contributed by atoms with E-state index in [1.54, 1.807) is 0 Å². The molecule has 154 valence electrons. The number of allylic oxidation sites excluding steroid dienone is 2. The number of carbonyl (C=O) groups excluding carboxylic acids is 1. The number of methoxy groups -OCH3 is 1. The first-order valence-electron chi connectivity index (χ1n) is 10.0. The third-order valence-corrected chi connectivity index (χ3v) is 7.45. The number of hydrogen-bond acceptors (Lipinski definition) is 5. The Kier molecular flexibility index (Phi) is 5.15. The fourth-order valence-electron chi connectivity index (χ4n) is 5.88. The molecule has 2 aliphatic rings. The van der Waals surface area contributed by atoms with Gasteiger partial charge >= 0.3 is 5.97 Å². The third-order valence-electron chi connectivity index (χ3n) is 7.45. The molecular weight excluding hydrogens is 356 g/mol. The number of ether oxygens (including phenoxy) is 1. The van der Waals surface area contributed by atoms with Crippen molar-refractivity contribution < 1.29 is 24.9 Å². The number of phenols is 3. The Hall–Kier alpha value is -2.17. The zero-order valence-corrected chi connectivity index (χ0v) is 17.5. The molecule has 1 saturated carbocycles. The Morgan fingerprint density at radius 1 is 1.14 bits per heavy atom. The van der Waals surface area contributed by atoms with E-state index < -0.39 is 17.5 Å². The van der Waals surface area contributed by atoms with E-state index in [0.717, 1.165) is 12.8 Å². The van der Waals surface area contributed by atoms with Crippen LogP contribution in [-0.4, -0.2) is 28.4 Å². The fraction of sp³-hybridized carbons (Fsp3) is 0.609. The summed E-state index contributed by atoms with van der Waals surface area (Å²) in [6, 6.07) is 1.45. The van der Waals surface area contributed by atoms with Crippen molar-refractivity contribution in [2.45, 2.75) is 59.8 Å². The normalized spacial score (nSPS) is 29.0. The molecule has 0 amide bonds. The van der Waals surface area contributed by atoms with Crippen LogP contribution in [0, 0.1) is 22.7 Å². The van der Waals surface area contributed by atoms with Crippen molar-refractivity contribution in [3.63, 3.8) is 0 Å². The van der Waals surface area contributed by atoms with Crippen molar-refractivity contribution >= 4 is 5.97 Å². The number of benzene rings is 1. The molecule has 1 aromatic rings. The zero-order chi connectivity index (χ0) is 20.9. The standard InChI is InChI=1S/C23H32O5/c1-13-7-8-17-22(2,3)9-6-10-23(17,4)16(13)12-14-11-15(21(27)28-5)19(25)20(26)18(14)24/h7,11,16-17,24-26H,6,8-10,12H2,1-5H3/t16-,17-,23+/m0/s1. The number of fused-ring (bicyclic) bond motifs is 1. The number of esters is 1. The Labute approximate surface area is 167 Å². The van der Waals surface area contributed by atoms with Crippen molar-refractivity contribution in [1.29, 1.82) is 0 Å². The highest BCUT2D eigenvalue weighted by Crippen LogP contribution is 2.60. The summed E-state index contributed by atoms with van der Waals surface area (Å²) in [7, 11) is 1.22. The van der Waals surface area contributed by atoms with E-state index in [2.05, 4.69) is 33.8 Å². The molecule has 5 heteroatoms. The lowest BCUT2D eigenvalue weighted by Crippen LogP contribution is -2.49. The van der Waals surface area contributed by atoms with Gasteiger partial charge in [-0.05, 0) is 66.9 Å². The van der Waals surface area contributed by atoms with E-state index in [4.69, 9.17) is 4.74 Å². The number of hydrogen-bond donors (Lipinski definition) is 3. The van der Waals surface area contributed by atoms with E-state index in [1.165, 1.54) is 31.6 Å². The van der Waals surface area contributed by atoms with Gasteiger partial charge in [0.2, 0.25) is 5.75 Å². The van der Waals surface area contributed by atoms with Gasteiger partial charge in [0.15, 0.2) is 11.5 Å². The molecular formula is C23H32O5. The van der Waals surface area contributed by atoms with Gasteiger partial charge in [-0.25, -0.2) is 4.79 Å². The van der Waals surface area contributed by atoms with Gasteiger partial charge in [0.1, 0.15) is 5.56 Å². The van der Waals surface area contributed by atoms with E-state index in [0.29, 0.717) is 17.9 Å². The Balaban J connectivity index is 2.05. The molecule has 3 rings (SSSR count). The monoisotopic (exact) mass is 388 g/mol. The van der Waals surface area contributed by atoms with Crippen LogP contribution in [0.4, 0.5) is 0 Å². The summed E-state index contributed by atoms with van der Waals surface area (Å²) in [4.78, 5) is 12.0. The first-order chi connectivity index (χ1) is 13.0. The Morgan fingerprint density at radius 3 is 2.46 bits per heavy atom. The quantitative estimate of drug-likeness (QED) is 0.388. The zero-order valence-electron chi connectivity index (χ0n) is 17.5. The molecule has 0 aliphatic heterocycles. The predicted octanol–water partition coefficient (Wildman–Crippen LogP) is 4.93. The van der Waals surface area contributed by atoms with Gasteiger partial charge in [-0.1, -0.05) is 38.8 Å². The summed E-state index contributed by atoms with van der Waals surface area (Å²) in [5, 5.41) is 30.7. The van der Waals surface area contributed by atoms with Gasteiger partial charge in [-0.15, -0.1) is 0 Å². The molecule has 0 aromatic heterocycles. The maximum Gasteiger partial charge on any atom is 0.341 e. The van der Waals surface area contributed by atoms with Crippen LogP contribution < -0.4 is 0 Å². The molecule has 1 fully saturated rings. The second kappa shape index (κ2) is 7.02. The average molecular weight is 389 g/mol. The highest BCUT2D eigenvalue weighted by atomic mass is 16.5. The van der Waals surface area contributed by atoms with Gasteiger partial charge in [0.25, 0.3) is 0 Å². The van der Waals surface area contributed by atoms with E-state index in [1.807, 2.05) is 0 Å². The number of aromatic hydroxyl groups is 3. The lowest BCUT2D eigenvalue weighted by molar-refractivity contribution is -0.0369. The minimum Gasteiger partial charge on any atom is -0.504 e. The van der Waals surface area contributed by atoms with Crippen LogP contribution in [0.1, 0.15) is 69.3 Å². The molecule has 0 spiro atoms. The summed E-state index contributed by atoms with van der Waals surface area (Å²) >= 11 is 0. The summed E-state index contributed by atoms with van der Waals surface area (Å²) in [5.41, 5.74) is 1.93. The van der Waals surface area contributed by atoms with Gasteiger partial charge in [-0.2, -0.15) is 0 Å². The SMILES string of the molecule is COC(=O)c1cc(C[C@H]2C(C)=CC[C@H]3C(C)(C)CCC[C@]23C)c(O)c(O)c1O. The highest BCUT2D eigenvalue weighted by Gasteiger charge is 2.51. The summed E-state index contributed by atoms with van der Waals surface area (Å²) in [6.07, 6.45) is 7.37. The van der Waals surface area contributed by atoms with Crippen LogP contribution in [-0.2, 0) is 11.2 Å². The smallest absolute Gasteiger partial charge is 0.341 e. The van der Waals surface area contributed by atoms with Gasteiger partial charge in [-0.3, -0.25) is 0 Å². The van der Waals surface area contributed by atoms with Crippen molar-refractivity contribution in [2.75, 3.05) is 7.11 Å². The Morgan fingerprint density at radius 2 is 1.82 bits per heavy atom. The topological polar surface area (TPSA) is 87.0 Å². The second-order valence-corrected chi connectivity index (χ2v) is 9.46. The average Bonchev–Trinajstić information content (AvgIpc) is 2.63. The van der Waals surface area contributed by atoms with Crippen molar-refractivity contribution in [3.05, 3.63) is 28.8 Å². The molecule has 1 aromatic carbocycles. The molecule has 2 aliphatic carbocycles. The van der Waals surface area contributed by atoms with Crippen molar-refractivity contribution in [1.82, 2.24) is 0 Å². The summed E-state index contributed by atoms with van der Waals surface area (Å²) in [5.74, 6) is -1.69. The lowest BCUT2D eigenvalue weighted by Gasteiger charge is -2.57. The van der Waals surface area contributed by atoms with Crippen LogP contribution in [0.15, 0.2) is 17.7 Å². The molecule has 0 saturated heterocycles. The molecule has 3 atom stereocenters. The fourth-order valence-corrected chi connectivity index (χ4v) is 5.88. The van der Waals surface area contributed by atoms with Crippen LogP contribution in [0.5, 0.6) is 17.2 Å². The van der Waals surface area contributed by atoms with Gasteiger partial charge in [0, 0.05) is 0 Å². The lowest BCUT2D eigenvalue weighted by atomic mass is 9.48. The molecule has 0 bridgehead atoms. The summed E-state index contributed by atoms with van der Waals surface area (Å²) in [6.45, 7) is 9.17. The van der Waals surface area contributed by atoms with Crippen molar-refractivity contribution in [3.8, 4) is 17.2 Å². The third kappa shape index (κ3) is 3.15. The second-order valence-electron chi connectivity index (χ2n) is 9.46. The highest BCUT2D eigenvalue weighted by molar-refractivity contribution is 5.94. The Bertz CT molecular complexity index is 823. The molecule has 5 nitrogen and oxygen atoms in total. The largest absolute Gasteiger partial charge is 0.504 e. The first-order valence-corrected chi connectivity index (χ1v) is 10.0. The molecule has 3 N–H and O–H groups in total. The minimum atomic E-state index is -0.743.